The maximum atomic E-state index is 12.6. The van der Waals surface area contributed by atoms with E-state index in [2.05, 4.69) is 78.4 Å². The molecular formula is C41H40N2O5. The molecule has 0 aliphatic heterocycles. The van der Waals surface area contributed by atoms with Crippen molar-refractivity contribution in [2.24, 2.45) is 0 Å². The summed E-state index contributed by atoms with van der Waals surface area (Å²) in [4.78, 5) is 29.7. The number of aliphatic carboxylic acids is 1. The number of hydrogen-bond acceptors (Lipinski definition) is 6. The third-order valence-electron chi connectivity index (χ3n) is 9.12. The van der Waals surface area contributed by atoms with Crippen molar-refractivity contribution < 1.29 is 24.3 Å². The summed E-state index contributed by atoms with van der Waals surface area (Å²) in [5.41, 5.74) is 10.8. The zero-order valence-electron chi connectivity index (χ0n) is 27.0. The van der Waals surface area contributed by atoms with Gasteiger partial charge in [-0.15, -0.1) is 5.48 Å². The van der Waals surface area contributed by atoms with Crippen LogP contribution in [0, 0.1) is 6.92 Å². The first-order valence-electron chi connectivity index (χ1n) is 16.4. The lowest BCUT2D eigenvalue weighted by molar-refractivity contribution is -0.143. The third kappa shape index (κ3) is 7.03. The molecular weight excluding hydrogens is 600 g/mol. The molecule has 0 fully saturated rings. The van der Waals surface area contributed by atoms with Crippen LogP contribution in [0.15, 0.2) is 133 Å². The highest BCUT2D eigenvalue weighted by Crippen LogP contribution is 2.44. The zero-order chi connectivity index (χ0) is 33.3. The van der Waals surface area contributed by atoms with E-state index < -0.39 is 23.7 Å². The molecule has 7 heteroatoms. The minimum atomic E-state index is -1.10. The van der Waals surface area contributed by atoms with E-state index in [1.54, 1.807) is 0 Å². The first kappa shape index (κ1) is 32.7. The molecule has 0 saturated carbocycles. The van der Waals surface area contributed by atoms with Gasteiger partial charge in [-0.2, -0.15) is 0 Å². The van der Waals surface area contributed by atoms with Crippen molar-refractivity contribution in [1.29, 1.82) is 0 Å². The van der Waals surface area contributed by atoms with Crippen LogP contribution in [0.4, 0.5) is 4.79 Å². The van der Waals surface area contributed by atoms with E-state index in [1.807, 2.05) is 72.8 Å². The van der Waals surface area contributed by atoms with Gasteiger partial charge in [0.15, 0.2) is 0 Å². The molecule has 6 rings (SSSR count). The number of hydrogen-bond donors (Lipinski definition) is 3. The van der Waals surface area contributed by atoms with Gasteiger partial charge in [-0.05, 0) is 71.7 Å². The normalized spacial score (nSPS) is 12.9. The number of carbonyl (C=O) groups excluding carboxylic acids is 1. The summed E-state index contributed by atoms with van der Waals surface area (Å²) in [7, 11) is 0. The van der Waals surface area contributed by atoms with E-state index in [4.69, 9.17) is 9.57 Å². The van der Waals surface area contributed by atoms with Crippen LogP contribution in [0.1, 0.15) is 58.6 Å². The molecule has 0 heterocycles. The number of unbranched alkanes of at least 4 members (excludes halogenated alkanes) is 1. The van der Waals surface area contributed by atoms with Gasteiger partial charge >= 0.3 is 12.1 Å². The SMILES string of the molecule is Cc1ccc(C(NCCCC[C@H](NOC(=O)OCC2c3ccccc3-c3ccccc32)C(=O)O)(c2ccccc2)c2ccccc2)cc1. The standard InChI is InChI=1S/C41H40N2O5/c1-29-23-25-32(26-24-29)41(30-14-4-2-5-15-30,31-16-6-3-7-17-31)42-27-13-12-22-38(39(44)45)43-48-40(46)47-28-37-35-20-10-8-18-33(35)34-19-9-11-21-36(34)37/h2-11,14-21,23-26,37-38,42-43H,12-13,22,27-28H2,1H3,(H,44,45)/t38-/m0/s1. The lowest BCUT2D eigenvalue weighted by Crippen LogP contribution is -2.45. The number of aryl methyl sites for hydroxylation is 1. The van der Waals surface area contributed by atoms with Crippen LogP contribution in [0.2, 0.25) is 0 Å². The van der Waals surface area contributed by atoms with E-state index in [0.717, 1.165) is 38.9 Å². The molecule has 0 saturated heterocycles. The van der Waals surface area contributed by atoms with E-state index in [0.29, 0.717) is 19.4 Å². The summed E-state index contributed by atoms with van der Waals surface area (Å²) in [6, 6.07) is 44.3. The van der Waals surface area contributed by atoms with Gasteiger partial charge in [-0.3, -0.25) is 10.1 Å². The van der Waals surface area contributed by atoms with Crippen LogP contribution in [0.25, 0.3) is 11.1 Å². The highest BCUT2D eigenvalue weighted by Gasteiger charge is 2.36. The third-order valence-corrected chi connectivity index (χ3v) is 9.12. The summed E-state index contributed by atoms with van der Waals surface area (Å²) in [5, 5.41) is 13.7. The minimum Gasteiger partial charge on any atom is -0.480 e. The topological polar surface area (TPSA) is 96.9 Å². The molecule has 5 aromatic rings. The number of carbonyl (C=O) groups is 2. The van der Waals surface area contributed by atoms with Crippen molar-refractivity contribution in [2.75, 3.05) is 13.2 Å². The van der Waals surface area contributed by atoms with E-state index in [9.17, 15) is 14.7 Å². The number of hydroxylamine groups is 1. The highest BCUT2D eigenvalue weighted by molar-refractivity contribution is 5.79. The van der Waals surface area contributed by atoms with Gasteiger partial charge in [0.2, 0.25) is 0 Å². The Labute approximate surface area is 281 Å². The summed E-state index contributed by atoms with van der Waals surface area (Å²) in [6.45, 7) is 2.79. The Bertz CT molecular complexity index is 1740. The molecule has 5 aromatic carbocycles. The number of carboxylic acids is 1. The van der Waals surface area contributed by atoms with Crippen LogP contribution in [0.3, 0.4) is 0 Å². The molecule has 0 radical (unpaired) electrons. The Morgan fingerprint density at radius 2 is 1.23 bits per heavy atom. The van der Waals surface area contributed by atoms with Crippen LogP contribution in [0.5, 0.6) is 0 Å². The Morgan fingerprint density at radius 3 is 1.79 bits per heavy atom. The molecule has 0 spiro atoms. The molecule has 1 aliphatic rings. The lowest BCUT2D eigenvalue weighted by atomic mass is 9.76. The van der Waals surface area contributed by atoms with Gasteiger partial charge in [0.25, 0.3) is 0 Å². The predicted octanol–water partition coefficient (Wildman–Crippen LogP) is 7.97. The van der Waals surface area contributed by atoms with Crippen molar-refractivity contribution in [3.8, 4) is 11.1 Å². The Morgan fingerprint density at radius 1 is 0.708 bits per heavy atom. The number of ether oxygens (including phenoxy) is 1. The second kappa shape index (κ2) is 15.1. The number of fused-ring (bicyclic) bond motifs is 3. The molecule has 1 aliphatic carbocycles. The Balaban J connectivity index is 1.05. The second-order valence-corrected chi connectivity index (χ2v) is 12.2. The number of carboxylic acid groups (broad SMARTS) is 1. The maximum absolute atomic E-state index is 12.6. The first-order chi connectivity index (χ1) is 23.5. The van der Waals surface area contributed by atoms with Crippen LogP contribution >= 0.6 is 0 Å². The van der Waals surface area contributed by atoms with E-state index >= 15 is 0 Å². The van der Waals surface area contributed by atoms with Gasteiger partial charge in [-0.25, -0.2) is 4.79 Å². The summed E-state index contributed by atoms with van der Waals surface area (Å²) in [5.74, 6) is -1.22. The second-order valence-electron chi connectivity index (χ2n) is 12.2. The zero-order valence-corrected chi connectivity index (χ0v) is 27.0. The van der Waals surface area contributed by atoms with Gasteiger partial charge in [0.1, 0.15) is 12.6 Å². The van der Waals surface area contributed by atoms with Crippen molar-refractivity contribution in [2.45, 2.75) is 43.7 Å². The number of benzene rings is 5. The maximum Gasteiger partial charge on any atom is 0.527 e. The van der Waals surface area contributed by atoms with Gasteiger partial charge < -0.3 is 14.7 Å². The van der Waals surface area contributed by atoms with Crippen LogP contribution in [-0.2, 0) is 19.9 Å². The summed E-state index contributed by atoms with van der Waals surface area (Å²) in [6.07, 6.45) is 0.586. The van der Waals surface area contributed by atoms with Crippen molar-refractivity contribution in [3.63, 3.8) is 0 Å². The molecule has 0 amide bonds. The van der Waals surface area contributed by atoms with Gasteiger partial charge in [0.05, 0.1) is 5.54 Å². The molecule has 244 valence electrons. The molecule has 0 bridgehead atoms. The van der Waals surface area contributed by atoms with E-state index in [-0.39, 0.29) is 18.9 Å². The summed E-state index contributed by atoms with van der Waals surface area (Å²) < 4.78 is 5.46. The Kier molecular flexibility index (Phi) is 10.3. The molecule has 0 unspecified atom stereocenters. The summed E-state index contributed by atoms with van der Waals surface area (Å²) >= 11 is 0. The van der Waals surface area contributed by atoms with Crippen LogP contribution < -0.4 is 10.8 Å². The predicted molar refractivity (Wildman–Crippen MR) is 187 cm³/mol. The van der Waals surface area contributed by atoms with Gasteiger partial charge in [-0.1, -0.05) is 139 Å². The molecule has 7 nitrogen and oxygen atoms in total. The average Bonchev–Trinajstić information content (AvgIpc) is 3.45. The first-order valence-corrected chi connectivity index (χ1v) is 16.4. The van der Waals surface area contributed by atoms with E-state index in [1.165, 1.54) is 5.56 Å². The molecule has 3 N–H and O–H groups in total. The molecule has 48 heavy (non-hydrogen) atoms. The fraction of sp³-hybridized carbons (Fsp3) is 0.220. The monoisotopic (exact) mass is 640 g/mol. The van der Waals surface area contributed by atoms with Crippen molar-refractivity contribution in [1.82, 2.24) is 10.8 Å². The van der Waals surface area contributed by atoms with Crippen molar-refractivity contribution in [3.05, 3.63) is 167 Å². The quantitative estimate of drug-likeness (QED) is 0.0490. The fourth-order valence-corrected chi connectivity index (χ4v) is 6.71. The molecule has 1 atom stereocenters. The van der Waals surface area contributed by atoms with Gasteiger partial charge in [0, 0.05) is 5.92 Å². The molecule has 0 aromatic heterocycles. The Hall–Kier alpha value is -5.24. The smallest absolute Gasteiger partial charge is 0.480 e. The minimum absolute atomic E-state index is 0.0868. The number of nitrogens with one attached hydrogen (secondary N) is 2. The van der Waals surface area contributed by atoms with Crippen molar-refractivity contribution >= 4 is 12.1 Å². The fourth-order valence-electron chi connectivity index (χ4n) is 6.71. The highest BCUT2D eigenvalue weighted by atomic mass is 16.8. The number of rotatable bonds is 14. The van der Waals surface area contributed by atoms with Crippen LogP contribution in [-0.4, -0.2) is 36.4 Å². The average molecular weight is 641 g/mol. The largest absolute Gasteiger partial charge is 0.527 e. The lowest BCUT2D eigenvalue weighted by Gasteiger charge is -2.37.